The first-order chi connectivity index (χ1) is 11.6. The van der Waals surface area contributed by atoms with Gasteiger partial charge in [-0.25, -0.2) is 0 Å². The number of carbonyl (C=O) groups is 1. The maximum absolute atomic E-state index is 12.4. The molecule has 6 heteroatoms. The van der Waals surface area contributed by atoms with Crippen LogP contribution in [0.1, 0.15) is 36.5 Å². The van der Waals surface area contributed by atoms with Crippen molar-refractivity contribution < 1.29 is 9.53 Å². The molecule has 0 spiro atoms. The van der Waals surface area contributed by atoms with Crippen molar-refractivity contribution in [3.05, 3.63) is 28.8 Å². The second-order valence-electron chi connectivity index (χ2n) is 6.44. The van der Waals surface area contributed by atoms with Crippen LogP contribution in [0, 0.1) is 5.92 Å². The van der Waals surface area contributed by atoms with E-state index in [4.69, 9.17) is 22.1 Å². The highest BCUT2D eigenvalue weighted by atomic mass is 35.5. The number of hydrogen-bond acceptors (Lipinski definition) is 4. The molecule has 0 aliphatic carbocycles. The molecule has 0 radical (unpaired) electrons. The number of ether oxygens (including phenoxy) is 1. The van der Waals surface area contributed by atoms with E-state index in [-0.39, 0.29) is 5.91 Å². The van der Waals surface area contributed by atoms with Crippen molar-refractivity contribution in [2.75, 3.05) is 39.3 Å². The fraction of sp³-hybridized carbons (Fsp3) is 0.611. The summed E-state index contributed by atoms with van der Waals surface area (Å²) in [6.45, 7) is 7.06. The zero-order valence-corrected chi connectivity index (χ0v) is 15.1. The van der Waals surface area contributed by atoms with Crippen LogP contribution < -0.4 is 15.8 Å². The number of piperidine rings is 1. The normalized spacial score (nSPS) is 18.4. The van der Waals surface area contributed by atoms with E-state index < -0.39 is 0 Å². The molecule has 1 aliphatic rings. The van der Waals surface area contributed by atoms with Crippen LogP contribution in [0.3, 0.4) is 0 Å². The molecule has 1 aromatic rings. The van der Waals surface area contributed by atoms with Crippen LogP contribution in [0.5, 0.6) is 5.75 Å². The summed E-state index contributed by atoms with van der Waals surface area (Å²) in [7, 11) is 0. The van der Waals surface area contributed by atoms with E-state index in [2.05, 4.69) is 17.1 Å². The molecule has 0 bridgehead atoms. The van der Waals surface area contributed by atoms with Crippen LogP contribution in [0.2, 0.25) is 5.02 Å². The van der Waals surface area contributed by atoms with E-state index in [9.17, 15) is 4.79 Å². The number of hydrogen-bond donors (Lipinski definition) is 2. The van der Waals surface area contributed by atoms with Gasteiger partial charge in [-0.3, -0.25) is 4.79 Å². The van der Waals surface area contributed by atoms with E-state index in [0.717, 1.165) is 32.0 Å². The fourth-order valence-corrected chi connectivity index (χ4v) is 3.14. The van der Waals surface area contributed by atoms with Crippen molar-refractivity contribution in [2.45, 2.75) is 26.2 Å². The summed E-state index contributed by atoms with van der Waals surface area (Å²) in [5.74, 6) is 1.13. The third kappa shape index (κ3) is 5.96. The quantitative estimate of drug-likeness (QED) is 0.705. The van der Waals surface area contributed by atoms with E-state index in [1.807, 2.05) is 0 Å². The first-order valence-corrected chi connectivity index (χ1v) is 9.11. The highest BCUT2D eigenvalue weighted by molar-refractivity contribution is 6.30. The summed E-state index contributed by atoms with van der Waals surface area (Å²) >= 11 is 6.01. The number of rotatable bonds is 8. The Labute approximate surface area is 149 Å². The van der Waals surface area contributed by atoms with E-state index in [0.29, 0.717) is 36.0 Å². The number of likely N-dealkylation sites (tertiary alicyclic amines) is 1. The summed E-state index contributed by atoms with van der Waals surface area (Å²) in [5.41, 5.74) is 5.99. The van der Waals surface area contributed by atoms with Gasteiger partial charge in [-0.15, -0.1) is 0 Å². The van der Waals surface area contributed by atoms with Gasteiger partial charge in [-0.05, 0) is 56.5 Å². The number of halogens is 1. The molecule has 0 aromatic heterocycles. The third-order valence-electron chi connectivity index (χ3n) is 4.25. The molecule has 1 aromatic carbocycles. The second-order valence-corrected chi connectivity index (χ2v) is 6.87. The van der Waals surface area contributed by atoms with E-state index in [1.54, 1.807) is 18.2 Å². The van der Waals surface area contributed by atoms with Gasteiger partial charge >= 0.3 is 0 Å². The smallest absolute Gasteiger partial charge is 0.255 e. The average molecular weight is 354 g/mol. The molecule has 1 fully saturated rings. The monoisotopic (exact) mass is 353 g/mol. The first kappa shape index (κ1) is 19.0. The topological polar surface area (TPSA) is 67.6 Å². The van der Waals surface area contributed by atoms with Gasteiger partial charge in [0, 0.05) is 24.7 Å². The molecule has 0 saturated carbocycles. The van der Waals surface area contributed by atoms with Crippen molar-refractivity contribution in [2.24, 2.45) is 11.7 Å². The summed E-state index contributed by atoms with van der Waals surface area (Å²) in [4.78, 5) is 14.8. The van der Waals surface area contributed by atoms with Crippen molar-refractivity contribution in [3.63, 3.8) is 0 Å². The summed E-state index contributed by atoms with van der Waals surface area (Å²) in [6, 6.07) is 5.09. The summed E-state index contributed by atoms with van der Waals surface area (Å²) in [6.07, 6.45) is 3.28. The van der Waals surface area contributed by atoms with Crippen LogP contribution in [-0.2, 0) is 0 Å². The Morgan fingerprint density at radius 1 is 1.50 bits per heavy atom. The lowest BCUT2D eigenvalue weighted by molar-refractivity contribution is 0.0939. The zero-order valence-electron chi connectivity index (χ0n) is 14.4. The lowest BCUT2D eigenvalue weighted by atomic mass is 10.0. The van der Waals surface area contributed by atoms with Gasteiger partial charge in [-0.2, -0.15) is 0 Å². The minimum atomic E-state index is -0.125. The van der Waals surface area contributed by atoms with Crippen LogP contribution >= 0.6 is 11.6 Å². The van der Waals surface area contributed by atoms with Gasteiger partial charge in [-0.1, -0.05) is 18.5 Å². The zero-order chi connectivity index (χ0) is 17.4. The summed E-state index contributed by atoms with van der Waals surface area (Å²) in [5, 5.41) is 3.54. The van der Waals surface area contributed by atoms with Gasteiger partial charge in [0.05, 0.1) is 12.2 Å². The van der Waals surface area contributed by atoms with Crippen LogP contribution in [0.25, 0.3) is 0 Å². The lowest BCUT2D eigenvalue weighted by Gasteiger charge is -2.30. The molecular weight excluding hydrogens is 326 g/mol. The largest absolute Gasteiger partial charge is 0.493 e. The first-order valence-electron chi connectivity index (χ1n) is 8.73. The number of nitrogens with zero attached hydrogens (tertiary/aromatic N) is 1. The molecular formula is C18H28ClN3O2. The van der Waals surface area contributed by atoms with Crippen LogP contribution in [-0.4, -0.2) is 50.1 Å². The fourth-order valence-electron chi connectivity index (χ4n) is 2.98. The lowest BCUT2D eigenvalue weighted by Crippen LogP contribution is -2.40. The SMILES string of the molecule is CC1CCCN(CCNC(=O)c2ccc(Cl)cc2OCCCN)C1. The Bertz CT molecular complexity index is 539. The van der Waals surface area contributed by atoms with Crippen molar-refractivity contribution >= 4 is 17.5 Å². The molecule has 134 valence electrons. The Morgan fingerprint density at radius 3 is 3.08 bits per heavy atom. The molecule has 1 heterocycles. The molecule has 1 saturated heterocycles. The molecule has 1 atom stereocenters. The van der Waals surface area contributed by atoms with Gasteiger partial charge in [0.25, 0.3) is 5.91 Å². The van der Waals surface area contributed by atoms with Crippen LogP contribution in [0.4, 0.5) is 0 Å². The number of benzene rings is 1. The molecule has 5 nitrogen and oxygen atoms in total. The average Bonchev–Trinajstić information content (AvgIpc) is 2.55. The van der Waals surface area contributed by atoms with E-state index in [1.165, 1.54) is 12.8 Å². The molecule has 3 N–H and O–H groups in total. The van der Waals surface area contributed by atoms with Crippen molar-refractivity contribution in [1.29, 1.82) is 0 Å². The molecule has 2 rings (SSSR count). The molecule has 1 unspecified atom stereocenters. The highest BCUT2D eigenvalue weighted by Gasteiger charge is 2.17. The Kier molecular flexibility index (Phi) is 7.82. The number of nitrogens with two attached hydrogens (primary N) is 1. The van der Waals surface area contributed by atoms with Gasteiger partial charge in [0.1, 0.15) is 5.75 Å². The molecule has 1 aliphatic heterocycles. The predicted octanol–water partition coefficient (Wildman–Crippen LogP) is 2.53. The molecule has 24 heavy (non-hydrogen) atoms. The van der Waals surface area contributed by atoms with Gasteiger partial charge in [0.15, 0.2) is 0 Å². The summed E-state index contributed by atoms with van der Waals surface area (Å²) < 4.78 is 5.65. The Hall–Kier alpha value is -1.30. The Morgan fingerprint density at radius 2 is 2.33 bits per heavy atom. The van der Waals surface area contributed by atoms with Gasteiger partial charge in [0.2, 0.25) is 0 Å². The number of carbonyl (C=O) groups excluding carboxylic acids is 1. The molecule has 1 amide bonds. The third-order valence-corrected chi connectivity index (χ3v) is 4.48. The van der Waals surface area contributed by atoms with Gasteiger partial charge < -0.3 is 20.7 Å². The van der Waals surface area contributed by atoms with Crippen LogP contribution in [0.15, 0.2) is 18.2 Å². The van der Waals surface area contributed by atoms with Crippen molar-refractivity contribution in [3.8, 4) is 5.75 Å². The minimum Gasteiger partial charge on any atom is -0.493 e. The second kappa shape index (κ2) is 9.87. The number of amides is 1. The maximum Gasteiger partial charge on any atom is 0.255 e. The van der Waals surface area contributed by atoms with E-state index >= 15 is 0 Å². The minimum absolute atomic E-state index is 0.125. The number of nitrogens with one attached hydrogen (secondary N) is 1. The maximum atomic E-state index is 12.4. The predicted molar refractivity (Wildman–Crippen MR) is 97.8 cm³/mol. The highest BCUT2D eigenvalue weighted by Crippen LogP contribution is 2.23. The van der Waals surface area contributed by atoms with Crippen molar-refractivity contribution in [1.82, 2.24) is 10.2 Å². The Balaban J connectivity index is 1.86. The standard InChI is InChI=1S/C18H28ClN3O2/c1-14-4-2-9-22(13-14)10-8-21-18(23)16-6-5-15(19)12-17(16)24-11-3-7-20/h5-6,12,14H,2-4,7-11,13,20H2,1H3,(H,21,23).